The number of rotatable bonds is 2. The number of ether oxygens (including phenoxy) is 1. The van der Waals surface area contributed by atoms with E-state index in [1.807, 2.05) is 0 Å². The molecule has 0 saturated carbocycles. The van der Waals surface area contributed by atoms with Crippen LogP contribution in [0.2, 0.25) is 0 Å². The molecule has 6 heteroatoms. The smallest absolute Gasteiger partial charge is 0.340 e. The molecule has 1 aromatic carbocycles. The molecule has 0 unspecified atom stereocenters. The Balaban J connectivity index is 3.37. The summed E-state index contributed by atoms with van der Waals surface area (Å²) in [5, 5.41) is 8.73. The van der Waals surface area contributed by atoms with E-state index in [-0.39, 0.29) is 27.9 Å². The number of esters is 1. The number of nitriles is 1. The molecule has 16 heavy (non-hydrogen) atoms. The van der Waals surface area contributed by atoms with E-state index in [0.717, 1.165) is 0 Å². The van der Waals surface area contributed by atoms with Crippen molar-refractivity contribution in [3.63, 3.8) is 0 Å². The van der Waals surface area contributed by atoms with Crippen molar-refractivity contribution in [2.75, 3.05) is 12.3 Å². The second kappa shape index (κ2) is 4.94. The number of nitrogens with two attached hydrogens (primary N) is 1. The fourth-order valence-corrected chi connectivity index (χ4v) is 1.52. The van der Waals surface area contributed by atoms with Crippen molar-refractivity contribution in [3.8, 4) is 6.07 Å². The molecule has 1 rings (SSSR count). The molecule has 0 spiro atoms. The second-order valence-electron chi connectivity index (χ2n) is 2.85. The van der Waals surface area contributed by atoms with E-state index in [9.17, 15) is 9.18 Å². The fourth-order valence-electron chi connectivity index (χ4n) is 1.10. The van der Waals surface area contributed by atoms with Crippen LogP contribution in [0.25, 0.3) is 0 Å². The Morgan fingerprint density at radius 3 is 2.88 bits per heavy atom. The van der Waals surface area contributed by atoms with Gasteiger partial charge in [-0.05, 0) is 28.9 Å². The van der Waals surface area contributed by atoms with Gasteiger partial charge in [0.2, 0.25) is 0 Å². The van der Waals surface area contributed by atoms with Gasteiger partial charge in [0.15, 0.2) is 5.82 Å². The maximum absolute atomic E-state index is 13.5. The monoisotopic (exact) mass is 286 g/mol. The van der Waals surface area contributed by atoms with Gasteiger partial charge in [-0.3, -0.25) is 0 Å². The van der Waals surface area contributed by atoms with Crippen LogP contribution in [0.3, 0.4) is 0 Å². The summed E-state index contributed by atoms with van der Waals surface area (Å²) in [4.78, 5) is 11.4. The quantitative estimate of drug-likeness (QED) is 0.668. The standard InChI is InChI=1S/C10H8BrFN2O2/c1-2-16-10(15)6-3-5(4-13)7(11)8(12)9(6)14/h3H,2,14H2,1H3. The molecule has 0 atom stereocenters. The van der Waals surface area contributed by atoms with Crippen molar-refractivity contribution in [3.05, 3.63) is 27.5 Å². The molecule has 0 aliphatic heterocycles. The average Bonchev–Trinajstić information content (AvgIpc) is 2.27. The fraction of sp³-hybridized carbons (Fsp3) is 0.200. The largest absolute Gasteiger partial charge is 0.462 e. The van der Waals surface area contributed by atoms with Gasteiger partial charge in [-0.2, -0.15) is 5.26 Å². The highest BCUT2D eigenvalue weighted by atomic mass is 79.9. The normalized spacial score (nSPS) is 9.62. The van der Waals surface area contributed by atoms with Crippen molar-refractivity contribution in [2.24, 2.45) is 0 Å². The molecule has 2 N–H and O–H groups in total. The Labute approximate surface area is 99.9 Å². The Morgan fingerprint density at radius 1 is 1.75 bits per heavy atom. The van der Waals surface area contributed by atoms with E-state index in [0.29, 0.717) is 0 Å². The van der Waals surface area contributed by atoms with Gasteiger partial charge in [0, 0.05) is 0 Å². The number of carbonyl (C=O) groups is 1. The maximum Gasteiger partial charge on any atom is 0.340 e. The molecule has 84 valence electrons. The highest BCUT2D eigenvalue weighted by Crippen LogP contribution is 2.28. The molecule has 1 aromatic rings. The maximum atomic E-state index is 13.5. The molecule has 0 aliphatic carbocycles. The Morgan fingerprint density at radius 2 is 2.38 bits per heavy atom. The van der Waals surface area contributed by atoms with Crippen molar-refractivity contribution in [1.82, 2.24) is 0 Å². The number of anilines is 1. The zero-order chi connectivity index (χ0) is 12.3. The van der Waals surface area contributed by atoms with Crippen LogP contribution in [-0.2, 0) is 4.74 Å². The molecule has 0 fully saturated rings. The van der Waals surface area contributed by atoms with Crippen LogP contribution in [0.1, 0.15) is 22.8 Å². The SMILES string of the molecule is CCOC(=O)c1cc(C#N)c(Br)c(F)c1N. The van der Waals surface area contributed by atoms with Crippen LogP contribution >= 0.6 is 15.9 Å². The number of nitrogen functional groups attached to an aromatic ring is 1. The van der Waals surface area contributed by atoms with E-state index >= 15 is 0 Å². The van der Waals surface area contributed by atoms with Crippen LogP contribution < -0.4 is 5.73 Å². The summed E-state index contributed by atoms with van der Waals surface area (Å²) in [6.45, 7) is 1.77. The van der Waals surface area contributed by atoms with Gasteiger partial charge in [-0.1, -0.05) is 0 Å². The highest BCUT2D eigenvalue weighted by Gasteiger charge is 2.19. The van der Waals surface area contributed by atoms with Crippen molar-refractivity contribution < 1.29 is 13.9 Å². The molecular formula is C10H8BrFN2O2. The van der Waals surface area contributed by atoms with E-state index in [1.54, 1.807) is 13.0 Å². The minimum Gasteiger partial charge on any atom is -0.462 e. The van der Waals surface area contributed by atoms with Gasteiger partial charge in [-0.25, -0.2) is 9.18 Å². The summed E-state index contributed by atoms with van der Waals surface area (Å²) in [6, 6.07) is 2.95. The lowest BCUT2D eigenvalue weighted by atomic mass is 10.1. The average molecular weight is 287 g/mol. The summed E-state index contributed by atoms with van der Waals surface area (Å²) in [6.07, 6.45) is 0. The van der Waals surface area contributed by atoms with Crippen LogP contribution in [0.4, 0.5) is 10.1 Å². The topological polar surface area (TPSA) is 76.1 Å². The van der Waals surface area contributed by atoms with Crippen LogP contribution in [0, 0.1) is 17.1 Å². The van der Waals surface area contributed by atoms with E-state index in [4.69, 9.17) is 15.7 Å². The number of nitrogens with zero attached hydrogens (tertiary/aromatic N) is 1. The minimum atomic E-state index is -0.831. The van der Waals surface area contributed by atoms with Crippen molar-refractivity contribution in [1.29, 1.82) is 5.26 Å². The molecule has 0 amide bonds. The van der Waals surface area contributed by atoms with E-state index in [1.165, 1.54) is 6.07 Å². The number of benzene rings is 1. The van der Waals surface area contributed by atoms with Gasteiger partial charge in [0.25, 0.3) is 0 Å². The predicted octanol–water partition coefficient (Wildman–Crippen LogP) is 2.22. The molecule has 0 radical (unpaired) electrons. The first-order valence-corrected chi connectivity index (χ1v) is 5.16. The third kappa shape index (κ3) is 2.14. The summed E-state index contributed by atoms with van der Waals surface area (Å²) in [5.41, 5.74) is 4.95. The molecular weight excluding hydrogens is 279 g/mol. The van der Waals surface area contributed by atoms with Crippen molar-refractivity contribution >= 4 is 27.6 Å². The highest BCUT2D eigenvalue weighted by molar-refractivity contribution is 9.10. The van der Waals surface area contributed by atoms with Gasteiger partial charge >= 0.3 is 5.97 Å². The molecule has 0 aliphatic rings. The van der Waals surface area contributed by atoms with E-state index in [2.05, 4.69) is 15.9 Å². The summed E-state index contributed by atoms with van der Waals surface area (Å²) in [5.74, 6) is -1.58. The van der Waals surface area contributed by atoms with Crippen molar-refractivity contribution in [2.45, 2.75) is 6.92 Å². The third-order valence-corrected chi connectivity index (χ3v) is 2.64. The lowest BCUT2D eigenvalue weighted by molar-refractivity contribution is 0.0527. The molecule has 0 heterocycles. The zero-order valence-electron chi connectivity index (χ0n) is 8.38. The first-order chi connectivity index (χ1) is 7.52. The Hall–Kier alpha value is -1.61. The Bertz CT molecular complexity index is 483. The van der Waals surface area contributed by atoms with Gasteiger partial charge in [0.1, 0.15) is 6.07 Å². The van der Waals surface area contributed by atoms with Gasteiger partial charge in [-0.15, -0.1) is 0 Å². The number of carbonyl (C=O) groups excluding carboxylic acids is 1. The minimum absolute atomic E-state index is 0.00486. The van der Waals surface area contributed by atoms with Gasteiger partial charge in [0.05, 0.1) is 27.9 Å². The first kappa shape index (κ1) is 12.5. The zero-order valence-corrected chi connectivity index (χ0v) is 9.97. The van der Waals surface area contributed by atoms with E-state index < -0.39 is 11.8 Å². The second-order valence-corrected chi connectivity index (χ2v) is 3.64. The lowest BCUT2D eigenvalue weighted by Gasteiger charge is -2.08. The number of hydrogen-bond donors (Lipinski definition) is 1. The molecule has 0 saturated heterocycles. The van der Waals surface area contributed by atoms with Crippen LogP contribution in [0.5, 0.6) is 0 Å². The van der Waals surface area contributed by atoms with Crippen LogP contribution in [0.15, 0.2) is 10.5 Å². The summed E-state index contributed by atoms with van der Waals surface area (Å²) >= 11 is 2.88. The molecule has 0 aromatic heterocycles. The molecule has 0 bridgehead atoms. The first-order valence-electron chi connectivity index (χ1n) is 4.37. The predicted molar refractivity (Wildman–Crippen MR) is 59.2 cm³/mol. The number of halogens is 2. The Kier molecular flexibility index (Phi) is 3.85. The molecule has 4 nitrogen and oxygen atoms in total. The summed E-state index contributed by atoms with van der Waals surface area (Å²) in [7, 11) is 0. The van der Waals surface area contributed by atoms with Gasteiger partial charge < -0.3 is 10.5 Å². The third-order valence-electron chi connectivity index (χ3n) is 1.86. The van der Waals surface area contributed by atoms with Crippen LogP contribution in [-0.4, -0.2) is 12.6 Å². The number of hydrogen-bond acceptors (Lipinski definition) is 4. The lowest BCUT2D eigenvalue weighted by Crippen LogP contribution is -2.10. The summed E-state index contributed by atoms with van der Waals surface area (Å²) < 4.78 is 18.1.